The zero-order valence-corrected chi connectivity index (χ0v) is 15.8. The molecule has 0 bridgehead atoms. The monoisotopic (exact) mass is 452 g/mol. The summed E-state index contributed by atoms with van der Waals surface area (Å²) < 4.78 is 86.8. The molecule has 31 heavy (non-hydrogen) atoms. The Hall–Kier alpha value is -3.58. The first-order valence-electron chi connectivity index (χ1n) is 8.20. The standard InChI is InChI=1S/C17H14F6N4O4/c1-24-14(28)13(27-29-2)12-9(18)4-3-5-10(12)31-15-25-7-6-11(26-15)30-8-16(19,20)17(21,22)23/h3-7H,8H2,1-2H3,(H,24,28)/b27-13+. The van der Waals surface area contributed by atoms with Crippen molar-refractivity contribution in [3.8, 4) is 17.6 Å². The van der Waals surface area contributed by atoms with E-state index in [-0.39, 0.29) is 5.75 Å². The molecule has 0 aliphatic rings. The van der Waals surface area contributed by atoms with Gasteiger partial charge in [-0.2, -0.15) is 26.9 Å². The van der Waals surface area contributed by atoms with E-state index in [2.05, 4.69) is 30.0 Å². The molecule has 1 heterocycles. The Morgan fingerprint density at radius 2 is 1.90 bits per heavy atom. The Balaban J connectivity index is 2.32. The van der Waals surface area contributed by atoms with Crippen LogP contribution in [0.25, 0.3) is 0 Å². The maximum Gasteiger partial charge on any atom is 0.456 e. The molecular formula is C17H14F6N4O4. The molecule has 14 heteroatoms. The Kier molecular flexibility index (Phi) is 7.25. The maximum atomic E-state index is 14.4. The summed E-state index contributed by atoms with van der Waals surface area (Å²) in [7, 11) is 2.38. The SMILES string of the molecule is CNC(=O)/C(=N/OC)c1c(F)cccc1Oc1nccc(OCC(F)(F)C(F)(F)F)n1. The smallest absolute Gasteiger partial charge is 0.456 e. The van der Waals surface area contributed by atoms with Crippen molar-refractivity contribution in [1.82, 2.24) is 15.3 Å². The van der Waals surface area contributed by atoms with E-state index in [0.29, 0.717) is 0 Å². The van der Waals surface area contributed by atoms with E-state index in [1.54, 1.807) is 0 Å². The summed E-state index contributed by atoms with van der Waals surface area (Å²) in [4.78, 5) is 23.8. The number of aromatic nitrogens is 2. The Morgan fingerprint density at radius 1 is 1.19 bits per heavy atom. The second kappa shape index (κ2) is 9.49. The summed E-state index contributed by atoms with van der Waals surface area (Å²) in [5.74, 6) is -7.87. The molecule has 0 radical (unpaired) electrons. The van der Waals surface area contributed by atoms with Crippen molar-refractivity contribution in [3.05, 3.63) is 41.8 Å². The number of carbonyl (C=O) groups is 1. The number of alkyl halides is 5. The molecule has 0 fully saturated rings. The Bertz CT molecular complexity index is 968. The van der Waals surface area contributed by atoms with E-state index in [4.69, 9.17) is 4.74 Å². The molecule has 2 aromatic rings. The lowest BCUT2D eigenvalue weighted by Crippen LogP contribution is -2.41. The fraction of sp³-hybridized carbons (Fsp3) is 0.294. The van der Waals surface area contributed by atoms with Gasteiger partial charge >= 0.3 is 18.1 Å². The topological polar surface area (TPSA) is 94.9 Å². The number of carbonyl (C=O) groups excluding carboxylic acids is 1. The highest BCUT2D eigenvalue weighted by Gasteiger charge is 2.58. The lowest BCUT2D eigenvalue weighted by molar-refractivity contribution is -0.290. The minimum atomic E-state index is -5.81. The number of amides is 1. The third-order valence-corrected chi connectivity index (χ3v) is 3.46. The predicted molar refractivity (Wildman–Crippen MR) is 92.6 cm³/mol. The van der Waals surface area contributed by atoms with E-state index in [0.717, 1.165) is 25.4 Å². The van der Waals surface area contributed by atoms with Gasteiger partial charge in [0.2, 0.25) is 5.88 Å². The van der Waals surface area contributed by atoms with Crippen LogP contribution in [-0.4, -0.2) is 54.5 Å². The molecule has 0 saturated heterocycles. The van der Waals surface area contributed by atoms with Crippen LogP contribution in [0, 0.1) is 5.82 Å². The number of ether oxygens (including phenoxy) is 2. The van der Waals surface area contributed by atoms with Gasteiger partial charge < -0.3 is 19.6 Å². The van der Waals surface area contributed by atoms with Crippen LogP contribution in [0.5, 0.6) is 17.6 Å². The van der Waals surface area contributed by atoms with Crippen molar-refractivity contribution in [2.24, 2.45) is 5.16 Å². The van der Waals surface area contributed by atoms with Crippen LogP contribution in [0.3, 0.4) is 0 Å². The minimum absolute atomic E-state index is 0.322. The number of likely N-dealkylation sites (N-methyl/N-ethyl adjacent to an activating group) is 1. The number of oxime groups is 1. The van der Waals surface area contributed by atoms with Gasteiger partial charge in [0, 0.05) is 19.3 Å². The molecule has 1 aromatic heterocycles. The molecule has 0 unspecified atom stereocenters. The molecular weight excluding hydrogens is 438 g/mol. The zero-order valence-electron chi connectivity index (χ0n) is 15.8. The molecule has 2 rings (SSSR count). The van der Waals surface area contributed by atoms with Crippen LogP contribution in [0.4, 0.5) is 26.3 Å². The predicted octanol–water partition coefficient (Wildman–Crippen LogP) is 3.08. The molecule has 1 N–H and O–H groups in total. The van der Waals surface area contributed by atoms with E-state index < -0.39 is 53.6 Å². The van der Waals surface area contributed by atoms with Gasteiger partial charge in [0.25, 0.3) is 5.91 Å². The lowest BCUT2D eigenvalue weighted by atomic mass is 10.1. The van der Waals surface area contributed by atoms with Crippen LogP contribution < -0.4 is 14.8 Å². The van der Waals surface area contributed by atoms with Gasteiger partial charge in [-0.15, -0.1) is 0 Å². The van der Waals surface area contributed by atoms with Crippen molar-refractivity contribution >= 4 is 11.6 Å². The van der Waals surface area contributed by atoms with E-state index >= 15 is 0 Å². The summed E-state index contributed by atoms with van der Waals surface area (Å²) >= 11 is 0. The summed E-state index contributed by atoms with van der Waals surface area (Å²) in [6.07, 6.45) is -4.86. The van der Waals surface area contributed by atoms with E-state index in [1.807, 2.05) is 0 Å². The molecule has 0 spiro atoms. The summed E-state index contributed by atoms with van der Waals surface area (Å²) in [5.41, 5.74) is -0.947. The van der Waals surface area contributed by atoms with Gasteiger partial charge in [-0.05, 0) is 12.1 Å². The van der Waals surface area contributed by atoms with Crippen molar-refractivity contribution in [2.75, 3.05) is 20.8 Å². The highest BCUT2D eigenvalue weighted by Crippen LogP contribution is 2.35. The van der Waals surface area contributed by atoms with E-state index in [9.17, 15) is 31.1 Å². The highest BCUT2D eigenvalue weighted by molar-refractivity contribution is 6.45. The molecule has 1 amide bonds. The lowest BCUT2D eigenvalue weighted by Gasteiger charge is -2.19. The van der Waals surface area contributed by atoms with Crippen LogP contribution in [0.2, 0.25) is 0 Å². The van der Waals surface area contributed by atoms with Crippen molar-refractivity contribution in [1.29, 1.82) is 0 Å². The number of nitrogens with zero attached hydrogens (tertiary/aromatic N) is 3. The fourth-order valence-electron chi connectivity index (χ4n) is 2.03. The van der Waals surface area contributed by atoms with Crippen LogP contribution in [0.15, 0.2) is 35.6 Å². The van der Waals surface area contributed by atoms with Crippen LogP contribution in [0.1, 0.15) is 5.56 Å². The summed E-state index contributed by atoms with van der Waals surface area (Å²) in [5, 5.41) is 5.69. The number of hydrogen-bond acceptors (Lipinski definition) is 7. The first-order valence-corrected chi connectivity index (χ1v) is 8.20. The number of halogens is 6. The second-order valence-corrected chi connectivity index (χ2v) is 5.58. The van der Waals surface area contributed by atoms with Crippen molar-refractivity contribution in [2.45, 2.75) is 12.1 Å². The third kappa shape index (κ3) is 5.73. The molecule has 0 saturated carbocycles. The molecule has 0 aliphatic carbocycles. The molecule has 0 atom stereocenters. The number of benzene rings is 1. The fourth-order valence-corrected chi connectivity index (χ4v) is 2.03. The largest absolute Gasteiger partial charge is 0.471 e. The van der Waals surface area contributed by atoms with Gasteiger partial charge in [-0.3, -0.25) is 4.79 Å². The second-order valence-electron chi connectivity index (χ2n) is 5.58. The molecule has 0 aliphatic heterocycles. The van der Waals surface area contributed by atoms with Gasteiger partial charge in [-0.25, -0.2) is 9.37 Å². The Labute approximate surface area is 170 Å². The average molecular weight is 452 g/mol. The number of rotatable bonds is 8. The first-order chi connectivity index (χ1) is 14.5. The van der Waals surface area contributed by atoms with Crippen molar-refractivity contribution in [3.63, 3.8) is 0 Å². The first kappa shape index (κ1) is 23.7. The number of nitrogens with one attached hydrogen (secondary N) is 1. The van der Waals surface area contributed by atoms with Crippen LogP contribution >= 0.6 is 0 Å². The van der Waals surface area contributed by atoms with Gasteiger partial charge in [0.1, 0.15) is 18.7 Å². The Morgan fingerprint density at radius 3 is 2.52 bits per heavy atom. The summed E-state index contributed by atoms with van der Waals surface area (Å²) in [6, 6.07) is 3.74. The van der Waals surface area contributed by atoms with Gasteiger partial charge in [0.15, 0.2) is 12.3 Å². The van der Waals surface area contributed by atoms with Crippen LogP contribution in [-0.2, 0) is 9.63 Å². The maximum absolute atomic E-state index is 14.4. The summed E-state index contributed by atoms with van der Waals surface area (Å²) in [6.45, 7) is -2.03. The van der Waals surface area contributed by atoms with E-state index in [1.165, 1.54) is 19.2 Å². The van der Waals surface area contributed by atoms with Gasteiger partial charge in [0.05, 0.1) is 5.56 Å². The number of hydrogen-bond donors (Lipinski definition) is 1. The third-order valence-electron chi connectivity index (χ3n) is 3.46. The van der Waals surface area contributed by atoms with Gasteiger partial charge in [-0.1, -0.05) is 11.2 Å². The quantitative estimate of drug-likeness (QED) is 0.376. The minimum Gasteiger partial charge on any atom is -0.471 e. The average Bonchev–Trinajstić information content (AvgIpc) is 2.70. The zero-order chi connectivity index (χ0) is 23.2. The highest BCUT2D eigenvalue weighted by atomic mass is 19.4. The normalized spacial score (nSPS) is 12.3. The molecule has 1 aromatic carbocycles. The molecule has 168 valence electrons. The van der Waals surface area contributed by atoms with Crippen molar-refractivity contribution < 1.29 is 45.4 Å². The molecule has 8 nitrogen and oxygen atoms in total.